The Morgan fingerprint density at radius 2 is 1.65 bits per heavy atom. The lowest BCUT2D eigenvalue weighted by atomic mass is 10.0. The van der Waals surface area contributed by atoms with E-state index >= 15 is 0 Å². The van der Waals surface area contributed by atoms with Crippen LogP contribution < -0.4 is 10.6 Å². The number of hydrogen-bond acceptors (Lipinski definition) is 5. The molecule has 0 spiro atoms. The summed E-state index contributed by atoms with van der Waals surface area (Å²) in [7, 11) is 0. The maximum atomic E-state index is 4.77. The first-order valence-electron chi connectivity index (χ1n) is 7.80. The summed E-state index contributed by atoms with van der Waals surface area (Å²) in [5, 5.41) is 7.12. The largest absolute Gasteiger partial charge is 0.314 e. The van der Waals surface area contributed by atoms with Gasteiger partial charge in [0.25, 0.3) is 0 Å². The fourth-order valence-electron chi connectivity index (χ4n) is 2.49. The molecule has 1 saturated heterocycles. The van der Waals surface area contributed by atoms with Crippen molar-refractivity contribution in [3.05, 3.63) is 0 Å². The average molecular weight is 320 g/mol. The Bertz CT molecular complexity index is 265. The number of thiol groups is 2. The van der Waals surface area contributed by atoms with Crippen LogP contribution in [-0.4, -0.2) is 59.7 Å². The molecule has 0 amide bonds. The van der Waals surface area contributed by atoms with Gasteiger partial charge in [0.15, 0.2) is 0 Å². The van der Waals surface area contributed by atoms with Crippen molar-refractivity contribution in [2.75, 3.05) is 39.3 Å². The summed E-state index contributed by atoms with van der Waals surface area (Å²) < 4.78 is 0.0587. The van der Waals surface area contributed by atoms with Gasteiger partial charge in [0.05, 0.1) is 0 Å². The molecule has 120 valence electrons. The topological polar surface area (TPSA) is 27.3 Å². The Hall–Kier alpha value is 0.580. The highest BCUT2D eigenvalue weighted by Gasteiger charge is 2.28. The van der Waals surface area contributed by atoms with Gasteiger partial charge in [-0.2, -0.15) is 25.3 Å². The monoisotopic (exact) mass is 319 g/mol. The highest BCUT2D eigenvalue weighted by molar-refractivity contribution is 7.82. The van der Waals surface area contributed by atoms with Crippen LogP contribution in [0.1, 0.15) is 40.5 Å². The van der Waals surface area contributed by atoms with E-state index in [0.717, 1.165) is 26.2 Å². The molecule has 1 aliphatic heterocycles. The molecule has 1 unspecified atom stereocenters. The van der Waals surface area contributed by atoms with Crippen LogP contribution in [-0.2, 0) is 0 Å². The van der Waals surface area contributed by atoms with Crippen LogP contribution in [0, 0.1) is 0 Å². The Balaban J connectivity index is 2.26. The highest BCUT2D eigenvalue weighted by Crippen LogP contribution is 2.20. The Labute approximate surface area is 136 Å². The number of rotatable bonds is 9. The first-order valence-corrected chi connectivity index (χ1v) is 8.69. The summed E-state index contributed by atoms with van der Waals surface area (Å²) in [6.45, 7) is 15.1. The lowest BCUT2D eigenvalue weighted by Gasteiger charge is -2.34. The summed E-state index contributed by atoms with van der Waals surface area (Å²) in [5.41, 5.74) is 0. The van der Waals surface area contributed by atoms with Crippen LogP contribution in [0.15, 0.2) is 0 Å². The van der Waals surface area contributed by atoms with Crippen LogP contribution in [0.4, 0.5) is 0 Å². The van der Waals surface area contributed by atoms with Crippen molar-refractivity contribution in [3.8, 4) is 0 Å². The van der Waals surface area contributed by atoms with Crippen LogP contribution in [0.2, 0.25) is 0 Å². The van der Waals surface area contributed by atoms with Crippen molar-refractivity contribution in [1.29, 1.82) is 0 Å². The molecule has 2 N–H and O–H groups in total. The molecule has 0 aromatic carbocycles. The number of nitrogens with one attached hydrogen (secondary N) is 2. The summed E-state index contributed by atoms with van der Waals surface area (Å²) >= 11 is 9.29. The molecule has 0 saturated carbocycles. The summed E-state index contributed by atoms with van der Waals surface area (Å²) in [5.74, 6) is 0. The quantitative estimate of drug-likeness (QED) is 0.387. The molecular formula is C15H33N3S2. The smallest absolute Gasteiger partial charge is 0.0335 e. The fraction of sp³-hybridized carbons (Fsp3) is 1.00. The van der Waals surface area contributed by atoms with Crippen molar-refractivity contribution >= 4 is 25.3 Å². The number of likely N-dealkylation sites (tertiary alicyclic amines) is 1. The van der Waals surface area contributed by atoms with Gasteiger partial charge in [-0.25, -0.2) is 0 Å². The molecule has 1 fully saturated rings. The van der Waals surface area contributed by atoms with Crippen molar-refractivity contribution < 1.29 is 0 Å². The molecule has 0 radical (unpaired) electrons. The average Bonchev–Trinajstić information content (AvgIpc) is 2.76. The van der Waals surface area contributed by atoms with Crippen LogP contribution >= 0.6 is 25.3 Å². The van der Waals surface area contributed by atoms with E-state index in [0.29, 0.717) is 6.04 Å². The molecule has 20 heavy (non-hydrogen) atoms. The molecule has 0 bridgehead atoms. The molecule has 1 heterocycles. The van der Waals surface area contributed by atoms with Gasteiger partial charge in [-0.1, -0.05) is 0 Å². The SMILES string of the molecule is CC(C)(S)CNCCNC(CN1CCCC1)C(C)(C)S. The maximum absolute atomic E-state index is 4.77. The highest BCUT2D eigenvalue weighted by atomic mass is 32.1. The summed E-state index contributed by atoms with van der Waals surface area (Å²) in [4.78, 5) is 2.56. The second-order valence-corrected chi connectivity index (χ2v) is 9.52. The van der Waals surface area contributed by atoms with E-state index in [1.165, 1.54) is 25.9 Å². The van der Waals surface area contributed by atoms with Crippen molar-refractivity contribution in [2.45, 2.75) is 56.1 Å². The van der Waals surface area contributed by atoms with Crippen LogP contribution in [0.3, 0.4) is 0 Å². The van der Waals surface area contributed by atoms with E-state index in [9.17, 15) is 0 Å². The summed E-state index contributed by atoms with van der Waals surface area (Å²) in [6, 6.07) is 0.426. The van der Waals surface area contributed by atoms with Gasteiger partial charge in [0.2, 0.25) is 0 Å². The molecule has 1 aliphatic rings. The van der Waals surface area contributed by atoms with Crippen LogP contribution in [0.5, 0.6) is 0 Å². The first-order chi connectivity index (χ1) is 9.18. The van der Waals surface area contributed by atoms with Crippen molar-refractivity contribution in [3.63, 3.8) is 0 Å². The molecule has 0 aromatic heterocycles. The second kappa shape index (κ2) is 8.28. The zero-order chi connectivity index (χ0) is 15.2. The molecule has 5 heteroatoms. The normalized spacial score (nSPS) is 19.5. The summed E-state index contributed by atoms with van der Waals surface area (Å²) in [6.07, 6.45) is 2.69. The van der Waals surface area contributed by atoms with E-state index in [-0.39, 0.29) is 9.49 Å². The number of nitrogens with zero attached hydrogens (tertiary/aromatic N) is 1. The molecule has 3 nitrogen and oxygen atoms in total. The lowest BCUT2D eigenvalue weighted by molar-refractivity contribution is 0.268. The van der Waals surface area contributed by atoms with Gasteiger partial charge < -0.3 is 15.5 Å². The molecular weight excluding hydrogens is 286 g/mol. The predicted octanol–water partition coefficient (Wildman–Crippen LogP) is 2.05. The number of hydrogen-bond donors (Lipinski definition) is 4. The van der Waals surface area contributed by atoms with E-state index in [2.05, 4.69) is 55.9 Å². The third-order valence-corrected chi connectivity index (χ3v) is 4.21. The van der Waals surface area contributed by atoms with Gasteiger partial charge >= 0.3 is 0 Å². The Morgan fingerprint density at radius 1 is 1.05 bits per heavy atom. The minimum atomic E-state index is 0.00536. The lowest BCUT2D eigenvalue weighted by Crippen LogP contribution is -2.52. The van der Waals surface area contributed by atoms with Gasteiger partial charge in [0, 0.05) is 41.7 Å². The third kappa shape index (κ3) is 8.13. The van der Waals surface area contributed by atoms with Crippen LogP contribution in [0.25, 0.3) is 0 Å². The van der Waals surface area contributed by atoms with Gasteiger partial charge in [-0.3, -0.25) is 0 Å². The van der Waals surface area contributed by atoms with Crippen molar-refractivity contribution in [2.24, 2.45) is 0 Å². The minimum absolute atomic E-state index is 0.00536. The Morgan fingerprint density at radius 3 is 2.15 bits per heavy atom. The van der Waals surface area contributed by atoms with E-state index in [4.69, 9.17) is 12.6 Å². The van der Waals surface area contributed by atoms with Gasteiger partial charge in [0.1, 0.15) is 0 Å². The zero-order valence-corrected chi connectivity index (χ0v) is 15.4. The second-order valence-electron chi connectivity index (χ2n) is 7.16. The standard InChI is InChI=1S/C15H33N3S2/c1-14(2,19)12-16-7-8-17-13(15(3,4)20)11-18-9-5-6-10-18/h13,16-17,19-20H,5-12H2,1-4H3. The van der Waals surface area contributed by atoms with Crippen molar-refractivity contribution in [1.82, 2.24) is 15.5 Å². The molecule has 0 aliphatic carbocycles. The van der Waals surface area contributed by atoms with E-state index < -0.39 is 0 Å². The minimum Gasteiger partial charge on any atom is -0.314 e. The van der Waals surface area contributed by atoms with Gasteiger partial charge in [-0.05, 0) is 53.6 Å². The fourth-order valence-corrected chi connectivity index (χ4v) is 2.77. The molecule has 0 aromatic rings. The maximum Gasteiger partial charge on any atom is 0.0335 e. The molecule has 1 rings (SSSR count). The zero-order valence-electron chi connectivity index (χ0n) is 13.6. The predicted molar refractivity (Wildman–Crippen MR) is 96.5 cm³/mol. The third-order valence-electron chi connectivity index (χ3n) is 3.74. The Kier molecular flexibility index (Phi) is 7.71. The molecule has 1 atom stereocenters. The van der Waals surface area contributed by atoms with E-state index in [1.54, 1.807) is 0 Å². The van der Waals surface area contributed by atoms with E-state index in [1.807, 2.05) is 0 Å². The van der Waals surface area contributed by atoms with Gasteiger partial charge in [-0.15, -0.1) is 0 Å². The first kappa shape index (κ1) is 18.6.